The number of aryl methyl sites for hydroxylation is 3. The Morgan fingerprint density at radius 1 is 0.966 bits per heavy atom. The fourth-order valence-corrected chi connectivity index (χ4v) is 4.02. The number of benzene rings is 2. The first-order chi connectivity index (χ1) is 13.8. The third-order valence-corrected chi connectivity index (χ3v) is 6.15. The molecule has 1 aliphatic heterocycles. The summed E-state index contributed by atoms with van der Waals surface area (Å²) in [6, 6.07) is 11.9. The van der Waals surface area contributed by atoms with E-state index >= 15 is 0 Å². The topological polar surface area (TPSA) is 61.4 Å². The summed E-state index contributed by atoms with van der Waals surface area (Å²) >= 11 is 3.48. The van der Waals surface area contributed by atoms with Crippen LogP contribution in [0.5, 0.6) is 0 Å². The van der Waals surface area contributed by atoms with Crippen molar-refractivity contribution < 1.29 is 9.59 Å². The van der Waals surface area contributed by atoms with E-state index in [0.29, 0.717) is 6.54 Å². The number of nitrogens with zero attached hydrogens (tertiary/aromatic N) is 1. The summed E-state index contributed by atoms with van der Waals surface area (Å²) in [5.41, 5.74) is 5.02. The Kier molecular flexibility index (Phi) is 7.09. The zero-order valence-electron chi connectivity index (χ0n) is 17.2. The van der Waals surface area contributed by atoms with Crippen molar-refractivity contribution in [2.75, 3.05) is 30.3 Å². The van der Waals surface area contributed by atoms with Crippen LogP contribution in [0.4, 0.5) is 11.4 Å². The molecule has 0 radical (unpaired) electrons. The smallest absolute Gasteiger partial charge is 0.238 e. The number of carbonyl (C=O) groups is 2. The first kappa shape index (κ1) is 21.5. The molecule has 1 saturated heterocycles. The number of hydrogen-bond acceptors (Lipinski definition) is 3. The summed E-state index contributed by atoms with van der Waals surface area (Å²) in [5, 5.41) is 6.00. The largest absolute Gasteiger partial charge is 0.326 e. The number of amides is 2. The van der Waals surface area contributed by atoms with Gasteiger partial charge < -0.3 is 10.6 Å². The minimum atomic E-state index is -0.0160. The molecular weight excluding hydrogens is 430 g/mol. The Morgan fingerprint density at radius 2 is 1.62 bits per heavy atom. The molecular formula is C23H28BrN3O2. The lowest BCUT2D eigenvalue weighted by Crippen LogP contribution is -2.41. The molecule has 0 spiro atoms. The van der Waals surface area contributed by atoms with E-state index in [4.69, 9.17) is 0 Å². The number of likely N-dealkylation sites (tertiary alicyclic amines) is 1. The van der Waals surface area contributed by atoms with Gasteiger partial charge in [0, 0.05) is 21.8 Å². The molecule has 2 aromatic rings. The van der Waals surface area contributed by atoms with Crippen molar-refractivity contribution in [3.63, 3.8) is 0 Å². The molecule has 3 rings (SSSR count). The summed E-state index contributed by atoms with van der Waals surface area (Å²) in [5.74, 6) is 0.0342. The lowest BCUT2D eigenvalue weighted by Gasteiger charge is -2.30. The molecule has 0 saturated carbocycles. The minimum Gasteiger partial charge on any atom is -0.326 e. The van der Waals surface area contributed by atoms with E-state index in [0.717, 1.165) is 58.5 Å². The van der Waals surface area contributed by atoms with Gasteiger partial charge in [-0.25, -0.2) is 0 Å². The normalized spacial score (nSPS) is 15.2. The average Bonchev–Trinajstić information content (AvgIpc) is 2.64. The van der Waals surface area contributed by atoms with E-state index in [1.807, 2.05) is 51.1 Å². The maximum atomic E-state index is 12.6. The number of nitrogens with one attached hydrogen (secondary N) is 2. The SMILES string of the molecule is Cc1cc(C)cc(NC(=O)CN2CCC(C(=O)Nc3ccc(Br)c(C)c3)CC2)c1. The predicted octanol–water partition coefficient (Wildman–Crippen LogP) is 4.66. The van der Waals surface area contributed by atoms with Crippen LogP contribution in [0.1, 0.15) is 29.5 Å². The Balaban J connectivity index is 1.46. The van der Waals surface area contributed by atoms with Crippen LogP contribution in [0.25, 0.3) is 0 Å². The second kappa shape index (κ2) is 9.55. The second-order valence-electron chi connectivity index (χ2n) is 7.93. The Hall–Kier alpha value is -2.18. The van der Waals surface area contributed by atoms with Gasteiger partial charge in [-0.15, -0.1) is 0 Å². The van der Waals surface area contributed by atoms with Crippen molar-refractivity contribution in [2.45, 2.75) is 33.6 Å². The van der Waals surface area contributed by atoms with Crippen LogP contribution < -0.4 is 10.6 Å². The van der Waals surface area contributed by atoms with Crippen molar-refractivity contribution >= 4 is 39.1 Å². The van der Waals surface area contributed by atoms with Gasteiger partial charge in [0.25, 0.3) is 0 Å². The zero-order chi connectivity index (χ0) is 21.0. The van der Waals surface area contributed by atoms with Gasteiger partial charge in [0.05, 0.1) is 6.54 Å². The molecule has 0 atom stereocenters. The molecule has 5 nitrogen and oxygen atoms in total. The van der Waals surface area contributed by atoms with E-state index < -0.39 is 0 Å². The quantitative estimate of drug-likeness (QED) is 0.685. The molecule has 1 heterocycles. The van der Waals surface area contributed by atoms with E-state index in [1.165, 1.54) is 0 Å². The Morgan fingerprint density at radius 3 is 2.24 bits per heavy atom. The van der Waals surface area contributed by atoms with E-state index in [-0.39, 0.29) is 17.7 Å². The van der Waals surface area contributed by atoms with Gasteiger partial charge >= 0.3 is 0 Å². The molecule has 0 aromatic heterocycles. The summed E-state index contributed by atoms with van der Waals surface area (Å²) in [7, 11) is 0. The highest BCUT2D eigenvalue weighted by Gasteiger charge is 2.26. The summed E-state index contributed by atoms with van der Waals surface area (Å²) in [4.78, 5) is 27.1. The fourth-order valence-electron chi connectivity index (χ4n) is 3.77. The van der Waals surface area contributed by atoms with Gasteiger partial charge in [-0.3, -0.25) is 14.5 Å². The van der Waals surface area contributed by atoms with Crippen LogP contribution in [0, 0.1) is 26.7 Å². The highest BCUT2D eigenvalue weighted by Crippen LogP contribution is 2.23. The second-order valence-corrected chi connectivity index (χ2v) is 8.78. The highest BCUT2D eigenvalue weighted by atomic mass is 79.9. The van der Waals surface area contributed by atoms with Crippen molar-refractivity contribution in [2.24, 2.45) is 5.92 Å². The lowest BCUT2D eigenvalue weighted by atomic mass is 9.95. The van der Waals surface area contributed by atoms with Gasteiger partial charge in [-0.1, -0.05) is 22.0 Å². The molecule has 2 N–H and O–H groups in total. The zero-order valence-corrected chi connectivity index (χ0v) is 18.8. The summed E-state index contributed by atoms with van der Waals surface area (Å²) in [6.07, 6.45) is 1.52. The van der Waals surface area contributed by atoms with Crippen LogP contribution in [0.2, 0.25) is 0 Å². The fraction of sp³-hybridized carbons (Fsp3) is 0.391. The number of halogens is 1. The summed E-state index contributed by atoms with van der Waals surface area (Å²) < 4.78 is 1.03. The predicted molar refractivity (Wildman–Crippen MR) is 121 cm³/mol. The standard InChI is InChI=1S/C23H28BrN3O2/c1-15-10-16(2)12-20(11-15)25-22(28)14-27-8-6-18(7-9-27)23(29)26-19-4-5-21(24)17(3)13-19/h4-5,10-13,18H,6-9,14H2,1-3H3,(H,25,28)(H,26,29). The number of rotatable bonds is 5. The van der Waals surface area contributed by atoms with Crippen LogP contribution >= 0.6 is 15.9 Å². The first-order valence-electron chi connectivity index (χ1n) is 9.97. The third-order valence-electron chi connectivity index (χ3n) is 5.26. The number of carbonyl (C=O) groups excluding carboxylic acids is 2. The molecule has 2 aromatic carbocycles. The first-order valence-corrected chi connectivity index (χ1v) is 10.8. The van der Waals surface area contributed by atoms with Gasteiger partial charge in [0.2, 0.25) is 11.8 Å². The van der Waals surface area contributed by atoms with Crippen molar-refractivity contribution in [1.82, 2.24) is 4.90 Å². The van der Waals surface area contributed by atoms with Crippen molar-refractivity contribution in [3.8, 4) is 0 Å². The molecule has 0 unspecified atom stereocenters. The maximum Gasteiger partial charge on any atom is 0.238 e. The average molecular weight is 458 g/mol. The highest BCUT2D eigenvalue weighted by molar-refractivity contribution is 9.10. The molecule has 6 heteroatoms. The molecule has 2 amide bonds. The molecule has 0 aliphatic carbocycles. The Bertz CT molecular complexity index is 885. The van der Waals surface area contributed by atoms with Crippen molar-refractivity contribution in [1.29, 1.82) is 0 Å². The molecule has 29 heavy (non-hydrogen) atoms. The summed E-state index contributed by atoms with van der Waals surface area (Å²) in [6.45, 7) is 7.89. The van der Waals surface area contributed by atoms with E-state index in [1.54, 1.807) is 0 Å². The van der Waals surface area contributed by atoms with Crippen LogP contribution in [0.3, 0.4) is 0 Å². The monoisotopic (exact) mass is 457 g/mol. The van der Waals surface area contributed by atoms with Crippen LogP contribution in [0.15, 0.2) is 40.9 Å². The van der Waals surface area contributed by atoms with E-state index in [9.17, 15) is 9.59 Å². The molecule has 1 fully saturated rings. The van der Waals surface area contributed by atoms with E-state index in [2.05, 4.69) is 37.5 Å². The van der Waals surface area contributed by atoms with Gasteiger partial charge in [0.15, 0.2) is 0 Å². The van der Waals surface area contributed by atoms with Gasteiger partial charge in [0.1, 0.15) is 0 Å². The number of anilines is 2. The Labute approximate surface area is 181 Å². The van der Waals surface area contributed by atoms with Crippen LogP contribution in [-0.2, 0) is 9.59 Å². The number of hydrogen-bond donors (Lipinski definition) is 2. The van der Waals surface area contributed by atoms with Gasteiger partial charge in [-0.2, -0.15) is 0 Å². The minimum absolute atomic E-state index is 0.0109. The number of piperidine rings is 1. The molecule has 1 aliphatic rings. The van der Waals surface area contributed by atoms with Gasteiger partial charge in [-0.05, 0) is 93.7 Å². The molecule has 0 bridgehead atoms. The third kappa shape index (κ3) is 6.15. The lowest BCUT2D eigenvalue weighted by molar-refractivity contribution is -0.121. The van der Waals surface area contributed by atoms with Crippen molar-refractivity contribution in [3.05, 3.63) is 57.6 Å². The molecule has 154 valence electrons. The maximum absolute atomic E-state index is 12.6. The van der Waals surface area contributed by atoms with Crippen LogP contribution in [-0.4, -0.2) is 36.3 Å².